The van der Waals surface area contributed by atoms with Crippen molar-refractivity contribution in [3.63, 3.8) is 0 Å². The average molecular weight is 656 g/mol. The van der Waals surface area contributed by atoms with Crippen molar-refractivity contribution in [1.29, 1.82) is 0 Å². The van der Waals surface area contributed by atoms with Crippen molar-refractivity contribution in [2.24, 2.45) is 0 Å². The Bertz CT molecular complexity index is 2770. The van der Waals surface area contributed by atoms with Crippen LogP contribution >= 0.6 is 0 Å². The van der Waals surface area contributed by atoms with Crippen molar-refractivity contribution >= 4 is 55.3 Å². The predicted molar refractivity (Wildman–Crippen MR) is 211 cm³/mol. The molecule has 2 aromatic heterocycles. The smallest absolute Gasteiger partial charge is 0.143 e. The number of nitrogens with zero attached hydrogens (tertiary/aromatic N) is 1. The lowest BCUT2D eigenvalue weighted by molar-refractivity contribution is 0.668. The van der Waals surface area contributed by atoms with Crippen LogP contribution in [0.3, 0.4) is 0 Å². The first kappa shape index (κ1) is 29.3. The van der Waals surface area contributed by atoms with E-state index in [9.17, 15) is 0 Å². The summed E-state index contributed by atoms with van der Waals surface area (Å²) < 4.78 is 12.7. The van der Waals surface area contributed by atoms with Gasteiger partial charge in [0, 0.05) is 50.1 Å². The second-order valence-electron chi connectivity index (χ2n) is 13.3. The molecule has 0 N–H and O–H groups in total. The molecule has 7 aromatic carbocycles. The highest BCUT2D eigenvalue weighted by Gasteiger charge is 2.22. The first-order valence-corrected chi connectivity index (χ1v) is 17.5. The van der Waals surface area contributed by atoms with E-state index in [0.29, 0.717) is 0 Å². The van der Waals surface area contributed by atoms with Crippen LogP contribution in [-0.4, -0.2) is 0 Å². The van der Waals surface area contributed by atoms with E-state index in [4.69, 9.17) is 8.83 Å². The summed E-state index contributed by atoms with van der Waals surface area (Å²) in [5.41, 5.74) is 12.9. The molecule has 0 spiro atoms. The van der Waals surface area contributed by atoms with E-state index in [0.717, 1.165) is 73.1 Å². The van der Waals surface area contributed by atoms with E-state index in [2.05, 4.69) is 169 Å². The second kappa shape index (κ2) is 12.1. The number of fused-ring (bicyclic) bond motifs is 6. The van der Waals surface area contributed by atoms with Crippen LogP contribution in [0.4, 0.5) is 11.4 Å². The summed E-state index contributed by atoms with van der Waals surface area (Å²) in [6.07, 6.45) is 7.91. The molecule has 0 fully saturated rings. The minimum atomic E-state index is 0.259. The fourth-order valence-electron chi connectivity index (χ4n) is 7.65. The average Bonchev–Trinajstić information content (AvgIpc) is 3.77. The zero-order valence-corrected chi connectivity index (χ0v) is 27.9. The molecule has 0 radical (unpaired) electrons. The summed E-state index contributed by atoms with van der Waals surface area (Å²) in [6.45, 7) is 0. The van der Waals surface area contributed by atoms with Crippen molar-refractivity contribution < 1.29 is 8.83 Å². The molecular formula is C48H33NO2. The second-order valence-corrected chi connectivity index (χ2v) is 13.3. The van der Waals surface area contributed by atoms with Gasteiger partial charge in [-0.3, -0.25) is 0 Å². The fraction of sp³-hybridized carbons (Fsp3) is 0.0417. The molecule has 0 saturated heterocycles. The van der Waals surface area contributed by atoms with Gasteiger partial charge in [-0.05, 0) is 83.3 Å². The molecule has 0 amide bonds. The summed E-state index contributed by atoms with van der Waals surface area (Å²) in [5.74, 6) is 0.259. The van der Waals surface area contributed by atoms with E-state index in [1.807, 2.05) is 18.2 Å². The minimum Gasteiger partial charge on any atom is -0.456 e. The molecule has 0 saturated carbocycles. The Morgan fingerprint density at radius 3 is 1.82 bits per heavy atom. The largest absolute Gasteiger partial charge is 0.456 e. The van der Waals surface area contributed by atoms with Crippen molar-refractivity contribution in [2.75, 3.05) is 4.90 Å². The summed E-state index contributed by atoms with van der Waals surface area (Å²) in [7, 11) is 0. The van der Waals surface area contributed by atoms with Crippen LogP contribution in [-0.2, 0) is 0 Å². The highest BCUT2D eigenvalue weighted by Crippen LogP contribution is 2.43. The Labute approximate surface area is 296 Å². The summed E-state index contributed by atoms with van der Waals surface area (Å²) in [4.78, 5) is 2.39. The van der Waals surface area contributed by atoms with Crippen LogP contribution in [0.2, 0.25) is 0 Å². The fourth-order valence-corrected chi connectivity index (χ4v) is 7.65. The first-order chi connectivity index (χ1) is 25.3. The number of hydrogen-bond acceptors (Lipinski definition) is 3. The number of furan rings is 2. The number of benzene rings is 7. The lowest BCUT2D eigenvalue weighted by Gasteiger charge is -2.30. The normalized spacial score (nSPS) is 14.4. The maximum Gasteiger partial charge on any atom is 0.143 e. The van der Waals surface area contributed by atoms with Crippen LogP contribution in [0, 0.1) is 0 Å². The predicted octanol–water partition coefficient (Wildman–Crippen LogP) is 13.6. The van der Waals surface area contributed by atoms with Gasteiger partial charge in [0.05, 0.1) is 0 Å². The SMILES string of the molecule is C1=CC(c2ccc3oc4ccccc4c3c2)CC=C1N(c1ccc(-c2ccccc2)cc1)c1cc(-c2ccccc2)c2oc3ccccc3c2c1. The molecule has 0 bridgehead atoms. The monoisotopic (exact) mass is 655 g/mol. The molecule has 0 aliphatic heterocycles. The van der Waals surface area contributed by atoms with Gasteiger partial charge >= 0.3 is 0 Å². The topological polar surface area (TPSA) is 29.5 Å². The third-order valence-corrected chi connectivity index (χ3v) is 10.2. The Balaban J connectivity index is 1.10. The first-order valence-electron chi connectivity index (χ1n) is 17.5. The standard InChI is InChI=1S/C48H33NO2/c1-3-11-32(12-4-1)33-19-24-37(25-20-33)49(38-26-21-34(22-27-38)36-23-28-47-43(29-36)40-15-7-9-17-45(40)50-47)39-30-42(35-13-5-2-6-14-35)48-44(31-39)41-16-8-10-18-46(41)51-48/h1-21,23-31,34H,22H2. The lowest BCUT2D eigenvalue weighted by Crippen LogP contribution is -2.17. The zero-order chi connectivity index (χ0) is 33.7. The molecule has 2 heterocycles. The highest BCUT2D eigenvalue weighted by atomic mass is 16.3. The molecule has 1 aliphatic rings. The molecule has 1 aliphatic carbocycles. The van der Waals surface area contributed by atoms with Crippen LogP contribution in [0.15, 0.2) is 197 Å². The lowest BCUT2D eigenvalue weighted by atomic mass is 9.90. The maximum atomic E-state index is 6.55. The van der Waals surface area contributed by atoms with Gasteiger partial charge in [-0.2, -0.15) is 0 Å². The van der Waals surface area contributed by atoms with Gasteiger partial charge in [-0.15, -0.1) is 0 Å². The minimum absolute atomic E-state index is 0.259. The summed E-state index contributed by atoms with van der Waals surface area (Å²) in [5, 5.41) is 4.54. The molecule has 242 valence electrons. The van der Waals surface area contributed by atoms with Crippen molar-refractivity contribution in [3.8, 4) is 22.3 Å². The van der Waals surface area contributed by atoms with Crippen LogP contribution in [0.5, 0.6) is 0 Å². The summed E-state index contributed by atoms with van der Waals surface area (Å²) in [6, 6.07) is 57.9. The van der Waals surface area contributed by atoms with E-state index < -0.39 is 0 Å². The highest BCUT2D eigenvalue weighted by molar-refractivity contribution is 6.11. The van der Waals surface area contributed by atoms with Crippen LogP contribution in [0.1, 0.15) is 17.9 Å². The van der Waals surface area contributed by atoms with E-state index in [1.165, 1.54) is 22.1 Å². The van der Waals surface area contributed by atoms with Gasteiger partial charge in [0.1, 0.15) is 22.3 Å². The van der Waals surface area contributed by atoms with Gasteiger partial charge in [0.15, 0.2) is 0 Å². The molecule has 51 heavy (non-hydrogen) atoms. The number of hydrogen-bond donors (Lipinski definition) is 0. The molecule has 10 rings (SSSR count). The Kier molecular flexibility index (Phi) is 6.95. The quantitative estimate of drug-likeness (QED) is 0.179. The third-order valence-electron chi connectivity index (χ3n) is 10.2. The molecule has 1 unspecified atom stereocenters. The Morgan fingerprint density at radius 2 is 1.10 bits per heavy atom. The van der Waals surface area contributed by atoms with Gasteiger partial charge in [0.25, 0.3) is 0 Å². The molecule has 3 heteroatoms. The summed E-state index contributed by atoms with van der Waals surface area (Å²) >= 11 is 0. The zero-order valence-electron chi connectivity index (χ0n) is 27.9. The van der Waals surface area contributed by atoms with Crippen LogP contribution in [0.25, 0.3) is 66.1 Å². The number of para-hydroxylation sites is 2. The molecular weight excluding hydrogens is 623 g/mol. The van der Waals surface area contributed by atoms with Crippen molar-refractivity contribution in [3.05, 3.63) is 193 Å². The maximum absolute atomic E-state index is 6.55. The van der Waals surface area contributed by atoms with Gasteiger partial charge in [-0.25, -0.2) is 0 Å². The van der Waals surface area contributed by atoms with Gasteiger partial charge in [0.2, 0.25) is 0 Å². The number of anilines is 2. The van der Waals surface area contributed by atoms with Crippen molar-refractivity contribution in [2.45, 2.75) is 12.3 Å². The molecule has 3 nitrogen and oxygen atoms in total. The Hall–Kier alpha value is -6.58. The molecule has 9 aromatic rings. The van der Waals surface area contributed by atoms with Gasteiger partial charge < -0.3 is 13.7 Å². The molecule has 1 atom stereocenters. The van der Waals surface area contributed by atoms with Crippen molar-refractivity contribution in [1.82, 2.24) is 0 Å². The number of rotatable bonds is 6. The van der Waals surface area contributed by atoms with E-state index >= 15 is 0 Å². The third kappa shape index (κ3) is 5.14. The van der Waals surface area contributed by atoms with E-state index in [-0.39, 0.29) is 5.92 Å². The van der Waals surface area contributed by atoms with Gasteiger partial charge in [-0.1, -0.05) is 127 Å². The Morgan fingerprint density at radius 1 is 0.471 bits per heavy atom. The number of allylic oxidation sites excluding steroid dienone is 3. The van der Waals surface area contributed by atoms with Crippen LogP contribution < -0.4 is 4.90 Å². The van der Waals surface area contributed by atoms with E-state index in [1.54, 1.807) is 0 Å².